The summed E-state index contributed by atoms with van der Waals surface area (Å²) in [7, 11) is 1.79. The summed E-state index contributed by atoms with van der Waals surface area (Å²) in [6.07, 6.45) is 2.16. The molecule has 1 fully saturated rings. The fraction of sp³-hybridized carbons (Fsp3) is 0.786. The SMILES string of the molecule is CCCOc1nc(NC)nc(NCC2CCN(CC)C2)n1. The van der Waals surface area contributed by atoms with Crippen LogP contribution in [0.3, 0.4) is 0 Å². The van der Waals surface area contributed by atoms with Gasteiger partial charge in [0.05, 0.1) is 6.61 Å². The molecule has 1 atom stereocenters. The lowest BCUT2D eigenvalue weighted by atomic mass is 10.1. The minimum atomic E-state index is 0.375. The van der Waals surface area contributed by atoms with Crippen molar-refractivity contribution in [3.05, 3.63) is 0 Å². The van der Waals surface area contributed by atoms with E-state index in [1.165, 1.54) is 13.0 Å². The van der Waals surface area contributed by atoms with Crippen molar-refractivity contribution >= 4 is 11.9 Å². The van der Waals surface area contributed by atoms with Gasteiger partial charge in [-0.2, -0.15) is 15.0 Å². The van der Waals surface area contributed by atoms with Gasteiger partial charge in [-0.3, -0.25) is 0 Å². The first-order valence-corrected chi connectivity index (χ1v) is 7.78. The molecule has 0 bridgehead atoms. The van der Waals surface area contributed by atoms with Crippen LogP contribution in [-0.2, 0) is 0 Å². The maximum Gasteiger partial charge on any atom is 0.323 e. The zero-order valence-electron chi connectivity index (χ0n) is 13.2. The normalized spacial score (nSPS) is 18.7. The van der Waals surface area contributed by atoms with Crippen molar-refractivity contribution in [2.24, 2.45) is 5.92 Å². The van der Waals surface area contributed by atoms with E-state index in [4.69, 9.17) is 4.74 Å². The molecular weight excluding hydrogens is 268 g/mol. The van der Waals surface area contributed by atoms with E-state index >= 15 is 0 Å². The molecule has 2 heterocycles. The van der Waals surface area contributed by atoms with E-state index in [9.17, 15) is 0 Å². The van der Waals surface area contributed by atoms with Crippen LogP contribution in [0.1, 0.15) is 26.7 Å². The Labute approximate surface area is 126 Å². The van der Waals surface area contributed by atoms with Gasteiger partial charge in [0.2, 0.25) is 11.9 Å². The largest absolute Gasteiger partial charge is 0.463 e. The Morgan fingerprint density at radius 2 is 2.05 bits per heavy atom. The van der Waals surface area contributed by atoms with Crippen LogP contribution in [0.4, 0.5) is 11.9 Å². The number of hydrogen-bond acceptors (Lipinski definition) is 7. The van der Waals surface area contributed by atoms with Gasteiger partial charge in [0.15, 0.2) is 0 Å². The smallest absolute Gasteiger partial charge is 0.323 e. The predicted molar refractivity (Wildman–Crippen MR) is 83.9 cm³/mol. The standard InChI is InChI=1S/C14H26N6O/c1-4-8-21-14-18-12(15-3)17-13(19-14)16-9-11-6-7-20(5-2)10-11/h11H,4-10H2,1-3H3,(H2,15,16,17,18,19). The van der Waals surface area contributed by atoms with Gasteiger partial charge in [0.25, 0.3) is 0 Å². The first-order chi connectivity index (χ1) is 10.2. The lowest BCUT2D eigenvalue weighted by Gasteiger charge is -2.14. The summed E-state index contributed by atoms with van der Waals surface area (Å²) in [5, 5.41) is 6.25. The zero-order chi connectivity index (χ0) is 15.1. The summed E-state index contributed by atoms with van der Waals surface area (Å²) < 4.78 is 5.49. The summed E-state index contributed by atoms with van der Waals surface area (Å²) in [5.41, 5.74) is 0. The Hall–Kier alpha value is -1.63. The fourth-order valence-electron chi connectivity index (χ4n) is 2.41. The van der Waals surface area contributed by atoms with Crippen LogP contribution in [0.25, 0.3) is 0 Å². The van der Waals surface area contributed by atoms with E-state index in [0.717, 1.165) is 26.1 Å². The number of ether oxygens (including phenoxy) is 1. The summed E-state index contributed by atoms with van der Waals surface area (Å²) >= 11 is 0. The van der Waals surface area contributed by atoms with Crippen molar-refractivity contribution in [3.63, 3.8) is 0 Å². The Morgan fingerprint density at radius 3 is 2.71 bits per heavy atom. The molecule has 2 N–H and O–H groups in total. The van der Waals surface area contributed by atoms with Crippen LogP contribution in [0, 0.1) is 5.92 Å². The summed E-state index contributed by atoms with van der Waals surface area (Å²) in [6, 6.07) is 0.375. The van der Waals surface area contributed by atoms with Crippen molar-refractivity contribution < 1.29 is 4.74 Å². The first-order valence-electron chi connectivity index (χ1n) is 7.78. The molecule has 1 unspecified atom stereocenters. The molecule has 1 saturated heterocycles. The molecule has 1 aliphatic heterocycles. The Balaban J connectivity index is 1.92. The van der Waals surface area contributed by atoms with Gasteiger partial charge in [-0.25, -0.2) is 0 Å². The minimum Gasteiger partial charge on any atom is -0.463 e. The van der Waals surface area contributed by atoms with Gasteiger partial charge in [-0.05, 0) is 31.8 Å². The van der Waals surface area contributed by atoms with E-state index in [1.807, 2.05) is 0 Å². The van der Waals surface area contributed by atoms with Gasteiger partial charge < -0.3 is 20.3 Å². The monoisotopic (exact) mass is 294 g/mol. The molecule has 1 aliphatic rings. The molecule has 0 aromatic carbocycles. The molecule has 2 rings (SSSR count). The summed E-state index contributed by atoms with van der Waals surface area (Å²) in [4.78, 5) is 15.3. The van der Waals surface area contributed by atoms with Gasteiger partial charge in [0.1, 0.15) is 0 Å². The molecule has 0 saturated carbocycles. The average Bonchev–Trinajstić information content (AvgIpc) is 2.98. The van der Waals surface area contributed by atoms with Crippen molar-refractivity contribution in [2.45, 2.75) is 26.7 Å². The molecule has 118 valence electrons. The Kier molecular flexibility index (Phi) is 5.98. The molecule has 0 spiro atoms. The minimum absolute atomic E-state index is 0.375. The van der Waals surface area contributed by atoms with Crippen molar-refractivity contribution in [2.75, 3.05) is 50.5 Å². The van der Waals surface area contributed by atoms with Gasteiger partial charge >= 0.3 is 6.01 Å². The van der Waals surface area contributed by atoms with Gasteiger partial charge in [-0.1, -0.05) is 13.8 Å². The van der Waals surface area contributed by atoms with Crippen LogP contribution >= 0.6 is 0 Å². The second-order valence-electron chi connectivity index (χ2n) is 5.29. The highest BCUT2D eigenvalue weighted by molar-refractivity contribution is 5.35. The van der Waals surface area contributed by atoms with Crippen LogP contribution in [0.15, 0.2) is 0 Å². The molecule has 7 nitrogen and oxygen atoms in total. The second kappa shape index (κ2) is 7.97. The number of aromatic nitrogens is 3. The molecule has 0 amide bonds. The van der Waals surface area contributed by atoms with Crippen LogP contribution in [0.2, 0.25) is 0 Å². The van der Waals surface area contributed by atoms with E-state index in [-0.39, 0.29) is 0 Å². The van der Waals surface area contributed by atoms with Crippen LogP contribution in [0.5, 0.6) is 6.01 Å². The number of rotatable bonds is 8. The zero-order valence-corrected chi connectivity index (χ0v) is 13.2. The maximum atomic E-state index is 5.49. The predicted octanol–water partition coefficient (Wildman–Crippen LogP) is 1.46. The molecule has 1 aromatic heterocycles. The lowest BCUT2D eigenvalue weighted by molar-refractivity contribution is 0.292. The van der Waals surface area contributed by atoms with E-state index in [2.05, 4.69) is 44.3 Å². The van der Waals surface area contributed by atoms with E-state index in [1.54, 1.807) is 7.05 Å². The molecule has 0 radical (unpaired) electrons. The average molecular weight is 294 g/mol. The number of nitrogens with zero attached hydrogens (tertiary/aromatic N) is 4. The maximum absolute atomic E-state index is 5.49. The third-order valence-corrected chi connectivity index (χ3v) is 3.64. The number of nitrogens with one attached hydrogen (secondary N) is 2. The lowest BCUT2D eigenvalue weighted by Crippen LogP contribution is -2.23. The third-order valence-electron chi connectivity index (χ3n) is 3.64. The third kappa shape index (κ3) is 4.70. The molecular formula is C14H26N6O. The quantitative estimate of drug-likeness (QED) is 0.751. The Morgan fingerprint density at radius 1 is 1.24 bits per heavy atom. The topological polar surface area (TPSA) is 75.2 Å². The van der Waals surface area contributed by atoms with E-state index in [0.29, 0.717) is 30.4 Å². The van der Waals surface area contributed by atoms with Gasteiger partial charge in [0, 0.05) is 20.1 Å². The first kappa shape index (κ1) is 15.8. The van der Waals surface area contributed by atoms with Crippen molar-refractivity contribution in [3.8, 4) is 6.01 Å². The van der Waals surface area contributed by atoms with Crippen LogP contribution < -0.4 is 15.4 Å². The molecule has 1 aromatic rings. The summed E-state index contributed by atoms with van der Waals surface area (Å²) in [6.45, 7) is 9.22. The number of anilines is 2. The fourth-order valence-corrected chi connectivity index (χ4v) is 2.41. The van der Waals surface area contributed by atoms with E-state index < -0.39 is 0 Å². The summed E-state index contributed by atoms with van der Waals surface area (Å²) in [5.74, 6) is 1.76. The highest BCUT2D eigenvalue weighted by Crippen LogP contribution is 2.17. The highest BCUT2D eigenvalue weighted by atomic mass is 16.5. The second-order valence-corrected chi connectivity index (χ2v) is 5.29. The number of hydrogen-bond donors (Lipinski definition) is 2. The molecule has 21 heavy (non-hydrogen) atoms. The number of likely N-dealkylation sites (tertiary alicyclic amines) is 1. The Bertz CT molecular complexity index is 441. The molecule has 0 aliphatic carbocycles. The highest BCUT2D eigenvalue weighted by Gasteiger charge is 2.21. The van der Waals surface area contributed by atoms with Crippen LogP contribution in [-0.4, -0.2) is 59.7 Å². The molecule has 7 heteroatoms. The van der Waals surface area contributed by atoms with Crippen molar-refractivity contribution in [1.82, 2.24) is 19.9 Å². The van der Waals surface area contributed by atoms with Crippen molar-refractivity contribution in [1.29, 1.82) is 0 Å². The van der Waals surface area contributed by atoms with Gasteiger partial charge in [-0.15, -0.1) is 0 Å².